The normalized spacial score (nSPS) is 10.4. The number of hydrogen-bond donors (Lipinski definition) is 1. The number of anilines is 1. The van der Waals surface area contributed by atoms with E-state index in [0.717, 1.165) is 10.1 Å². The molecule has 72 valence electrons. The van der Waals surface area contributed by atoms with E-state index in [1.165, 1.54) is 18.1 Å². The summed E-state index contributed by atoms with van der Waals surface area (Å²) in [4.78, 5) is 8.95. The summed E-state index contributed by atoms with van der Waals surface area (Å²) in [6, 6.07) is 1.86. The Morgan fingerprint density at radius 3 is 3.00 bits per heavy atom. The van der Waals surface area contributed by atoms with Gasteiger partial charge in [0.05, 0.1) is 11.9 Å². The maximum atomic E-state index is 5.75. The smallest absolute Gasteiger partial charge is 0.190 e. The number of aromatic nitrogens is 4. The van der Waals surface area contributed by atoms with Gasteiger partial charge in [0.25, 0.3) is 0 Å². The highest BCUT2D eigenvalue weighted by atomic mass is 32.2. The summed E-state index contributed by atoms with van der Waals surface area (Å²) < 4.78 is 1.70. The summed E-state index contributed by atoms with van der Waals surface area (Å²) >= 11 is 1.47. The van der Waals surface area contributed by atoms with Crippen LogP contribution in [0, 0.1) is 0 Å². The quantitative estimate of drug-likeness (QED) is 0.793. The number of rotatable bonds is 2. The van der Waals surface area contributed by atoms with Gasteiger partial charge >= 0.3 is 0 Å². The van der Waals surface area contributed by atoms with Crippen molar-refractivity contribution in [1.29, 1.82) is 0 Å². The van der Waals surface area contributed by atoms with Gasteiger partial charge in [-0.2, -0.15) is 5.10 Å². The molecule has 0 aliphatic heterocycles. The average molecular weight is 207 g/mol. The van der Waals surface area contributed by atoms with Crippen molar-refractivity contribution < 1.29 is 0 Å². The molecule has 2 N–H and O–H groups in total. The number of aryl methyl sites for hydroxylation is 1. The van der Waals surface area contributed by atoms with Crippen LogP contribution in [0.3, 0.4) is 0 Å². The van der Waals surface area contributed by atoms with Gasteiger partial charge < -0.3 is 5.73 Å². The van der Waals surface area contributed by atoms with Crippen LogP contribution in [0.25, 0.3) is 0 Å². The van der Waals surface area contributed by atoms with Crippen molar-refractivity contribution in [1.82, 2.24) is 19.7 Å². The standard InChI is InChI=1S/C8H9N5S/c1-13-8(11-5-12-13)14-7-2-3-10-4-6(7)9/h2-5H,9H2,1H3. The molecule has 2 rings (SSSR count). The van der Waals surface area contributed by atoms with E-state index in [2.05, 4.69) is 15.1 Å². The molecule has 0 fully saturated rings. The highest BCUT2D eigenvalue weighted by Gasteiger charge is 2.05. The van der Waals surface area contributed by atoms with Crippen LogP contribution in [0.1, 0.15) is 0 Å². The first-order valence-corrected chi connectivity index (χ1v) is 4.80. The van der Waals surface area contributed by atoms with Crippen LogP contribution in [0.15, 0.2) is 34.8 Å². The van der Waals surface area contributed by atoms with Crippen LogP contribution in [-0.4, -0.2) is 19.7 Å². The van der Waals surface area contributed by atoms with E-state index in [1.807, 2.05) is 13.1 Å². The molecule has 0 saturated heterocycles. The highest BCUT2D eigenvalue weighted by molar-refractivity contribution is 7.99. The number of pyridine rings is 1. The molecular formula is C8H9N5S. The fraction of sp³-hybridized carbons (Fsp3) is 0.125. The predicted octanol–water partition coefficient (Wildman–Crippen LogP) is 0.944. The third-order valence-corrected chi connectivity index (χ3v) is 2.83. The molecule has 2 aromatic rings. The van der Waals surface area contributed by atoms with Crippen LogP contribution in [-0.2, 0) is 7.05 Å². The molecule has 0 saturated carbocycles. The van der Waals surface area contributed by atoms with Gasteiger partial charge in [-0.25, -0.2) is 9.67 Å². The van der Waals surface area contributed by atoms with Crippen molar-refractivity contribution in [2.75, 3.05) is 5.73 Å². The molecule has 0 bridgehead atoms. The van der Waals surface area contributed by atoms with Crippen molar-refractivity contribution in [2.24, 2.45) is 7.05 Å². The van der Waals surface area contributed by atoms with Crippen LogP contribution < -0.4 is 5.73 Å². The minimum absolute atomic E-state index is 0.653. The fourth-order valence-electron chi connectivity index (χ4n) is 0.963. The first kappa shape index (κ1) is 9.01. The van der Waals surface area contributed by atoms with Crippen LogP contribution in [0.4, 0.5) is 5.69 Å². The van der Waals surface area contributed by atoms with Gasteiger partial charge in [-0.05, 0) is 17.8 Å². The molecular weight excluding hydrogens is 198 g/mol. The topological polar surface area (TPSA) is 69.6 Å². The number of hydrogen-bond acceptors (Lipinski definition) is 5. The lowest BCUT2D eigenvalue weighted by Gasteiger charge is -2.02. The van der Waals surface area contributed by atoms with E-state index in [0.29, 0.717) is 5.69 Å². The first-order chi connectivity index (χ1) is 6.77. The molecule has 14 heavy (non-hydrogen) atoms. The van der Waals surface area contributed by atoms with Gasteiger partial charge in [-0.1, -0.05) is 0 Å². The lowest BCUT2D eigenvalue weighted by atomic mass is 10.4. The molecule has 0 aliphatic rings. The van der Waals surface area contributed by atoms with Crippen molar-refractivity contribution >= 4 is 17.4 Å². The summed E-state index contributed by atoms with van der Waals surface area (Å²) in [5.41, 5.74) is 6.40. The third-order valence-electron chi connectivity index (χ3n) is 1.68. The summed E-state index contributed by atoms with van der Waals surface area (Å²) in [6.07, 6.45) is 4.84. The average Bonchev–Trinajstić information content (AvgIpc) is 2.56. The molecule has 0 atom stereocenters. The van der Waals surface area contributed by atoms with Gasteiger partial charge in [0.15, 0.2) is 5.16 Å². The fourth-order valence-corrected chi connectivity index (χ4v) is 1.74. The minimum Gasteiger partial charge on any atom is -0.397 e. The Labute approximate surface area is 85.4 Å². The van der Waals surface area contributed by atoms with E-state index in [9.17, 15) is 0 Å². The van der Waals surface area contributed by atoms with E-state index < -0.39 is 0 Å². The second kappa shape index (κ2) is 3.67. The maximum absolute atomic E-state index is 5.75. The zero-order chi connectivity index (χ0) is 9.97. The lowest BCUT2D eigenvalue weighted by Crippen LogP contribution is -1.94. The maximum Gasteiger partial charge on any atom is 0.190 e. The Morgan fingerprint density at radius 1 is 1.50 bits per heavy atom. The largest absolute Gasteiger partial charge is 0.397 e. The Hall–Kier alpha value is -1.56. The molecule has 0 aliphatic carbocycles. The summed E-state index contributed by atoms with van der Waals surface area (Å²) in [5, 5.41) is 4.78. The highest BCUT2D eigenvalue weighted by Crippen LogP contribution is 2.28. The zero-order valence-corrected chi connectivity index (χ0v) is 8.40. The molecule has 2 aromatic heterocycles. The second-order valence-electron chi connectivity index (χ2n) is 2.68. The van der Waals surface area contributed by atoms with Crippen molar-refractivity contribution in [3.63, 3.8) is 0 Å². The summed E-state index contributed by atoms with van der Waals surface area (Å²) in [6.45, 7) is 0. The van der Waals surface area contributed by atoms with Gasteiger partial charge in [0.1, 0.15) is 6.33 Å². The van der Waals surface area contributed by atoms with Crippen LogP contribution in [0.2, 0.25) is 0 Å². The number of nitrogens with zero attached hydrogens (tertiary/aromatic N) is 4. The van der Waals surface area contributed by atoms with Gasteiger partial charge in [0, 0.05) is 18.1 Å². The third kappa shape index (κ3) is 1.69. The van der Waals surface area contributed by atoms with Gasteiger partial charge in [-0.15, -0.1) is 0 Å². The molecule has 0 unspecified atom stereocenters. The summed E-state index contributed by atoms with van der Waals surface area (Å²) in [7, 11) is 1.84. The van der Waals surface area contributed by atoms with E-state index >= 15 is 0 Å². The molecule has 0 spiro atoms. The Balaban J connectivity index is 2.28. The van der Waals surface area contributed by atoms with Crippen molar-refractivity contribution in [3.8, 4) is 0 Å². The monoisotopic (exact) mass is 207 g/mol. The van der Waals surface area contributed by atoms with Crippen LogP contribution >= 0.6 is 11.8 Å². The zero-order valence-electron chi connectivity index (χ0n) is 7.58. The first-order valence-electron chi connectivity index (χ1n) is 3.98. The Bertz CT molecular complexity index is 439. The minimum atomic E-state index is 0.653. The van der Waals surface area contributed by atoms with E-state index in [-0.39, 0.29) is 0 Å². The lowest BCUT2D eigenvalue weighted by molar-refractivity contribution is 0.685. The number of nitrogen functional groups attached to an aromatic ring is 1. The molecule has 2 heterocycles. The van der Waals surface area contributed by atoms with E-state index in [1.54, 1.807) is 17.1 Å². The van der Waals surface area contributed by atoms with Gasteiger partial charge in [-0.3, -0.25) is 4.98 Å². The molecule has 0 amide bonds. The molecule has 6 heteroatoms. The molecule has 0 radical (unpaired) electrons. The molecule has 5 nitrogen and oxygen atoms in total. The van der Waals surface area contributed by atoms with Crippen molar-refractivity contribution in [3.05, 3.63) is 24.8 Å². The van der Waals surface area contributed by atoms with E-state index in [4.69, 9.17) is 5.73 Å². The molecule has 0 aromatic carbocycles. The van der Waals surface area contributed by atoms with Crippen molar-refractivity contribution in [2.45, 2.75) is 10.1 Å². The Kier molecular flexibility index (Phi) is 2.36. The Morgan fingerprint density at radius 2 is 2.36 bits per heavy atom. The number of nitrogens with two attached hydrogens (primary N) is 1. The summed E-state index contributed by atoms with van der Waals surface area (Å²) in [5.74, 6) is 0. The predicted molar refractivity (Wildman–Crippen MR) is 53.8 cm³/mol. The van der Waals surface area contributed by atoms with Crippen LogP contribution in [0.5, 0.6) is 0 Å². The van der Waals surface area contributed by atoms with Gasteiger partial charge in [0.2, 0.25) is 0 Å². The SMILES string of the molecule is Cn1ncnc1Sc1ccncc1N. The second-order valence-corrected chi connectivity index (χ2v) is 3.69.